The molecule has 1 fully saturated rings. The van der Waals surface area contributed by atoms with Crippen molar-refractivity contribution < 1.29 is 9.90 Å². The number of carboxylic acids is 1. The van der Waals surface area contributed by atoms with E-state index in [4.69, 9.17) is 6.42 Å². The molecule has 2 nitrogen and oxygen atoms in total. The molecule has 1 saturated carbocycles. The van der Waals surface area contributed by atoms with Gasteiger partial charge in [0.1, 0.15) is 0 Å². The van der Waals surface area contributed by atoms with Gasteiger partial charge in [0.05, 0.1) is 5.41 Å². The van der Waals surface area contributed by atoms with Gasteiger partial charge in [0.2, 0.25) is 0 Å². The molecule has 1 aliphatic carbocycles. The third-order valence-electron chi connectivity index (χ3n) is 3.65. The minimum absolute atomic E-state index is 0.390. The molecular formula is C13H20O2. The number of rotatable bonds is 4. The summed E-state index contributed by atoms with van der Waals surface area (Å²) in [6.07, 6.45) is 11.7. The first-order valence-corrected chi connectivity index (χ1v) is 5.81. The zero-order valence-electron chi connectivity index (χ0n) is 9.46. The highest BCUT2D eigenvalue weighted by Crippen LogP contribution is 2.42. The summed E-state index contributed by atoms with van der Waals surface area (Å²) in [5.41, 5.74) is -0.612. The second kappa shape index (κ2) is 5.21. The van der Waals surface area contributed by atoms with Crippen LogP contribution in [0.15, 0.2) is 0 Å². The van der Waals surface area contributed by atoms with Crippen LogP contribution in [-0.2, 0) is 4.79 Å². The zero-order chi connectivity index (χ0) is 11.3. The predicted octanol–water partition coefficient (Wildman–Crippen LogP) is 3.07. The molecule has 15 heavy (non-hydrogen) atoms. The van der Waals surface area contributed by atoms with Crippen molar-refractivity contribution in [2.45, 2.75) is 51.9 Å². The van der Waals surface area contributed by atoms with Gasteiger partial charge in [0.15, 0.2) is 0 Å². The van der Waals surface area contributed by atoms with Crippen LogP contribution in [0.25, 0.3) is 0 Å². The molecule has 0 radical (unpaired) electrons. The van der Waals surface area contributed by atoms with Gasteiger partial charge in [-0.15, -0.1) is 12.3 Å². The van der Waals surface area contributed by atoms with Crippen molar-refractivity contribution in [1.29, 1.82) is 0 Å². The molecule has 0 aliphatic heterocycles. The Morgan fingerprint density at radius 3 is 2.53 bits per heavy atom. The van der Waals surface area contributed by atoms with E-state index in [0.717, 1.165) is 31.6 Å². The van der Waals surface area contributed by atoms with E-state index in [9.17, 15) is 9.90 Å². The second-order valence-corrected chi connectivity index (χ2v) is 4.70. The van der Waals surface area contributed by atoms with Crippen LogP contribution in [0.4, 0.5) is 0 Å². The highest BCUT2D eigenvalue weighted by molar-refractivity contribution is 5.75. The van der Waals surface area contributed by atoms with Crippen molar-refractivity contribution in [3.05, 3.63) is 0 Å². The Morgan fingerprint density at radius 2 is 2.13 bits per heavy atom. The lowest BCUT2D eigenvalue weighted by atomic mass is 9.68. The summed E-state index contributed by atoms with van der Waals surface area (Å²) in [5.74, 6) is 2.55. The van der Waals surface area contributed by atoms with Crippen LogP contribution < -0.4 is 0 Å². The maximum Gasteiger partial charge on any atom is 0.310 e. The molecule has 0 saturated heterocycles. The highest BCUT2D eigenvalue weighted by atomic mass is 16.4. The minimum atomic E-state index is -0.699. The van der Waals surface area contributed by atoms with Gasteiger partial charge < -0.3 is 5.11 Å². The van der Waals surface area contributed by atoms with Crippen molar-refractivity contribution in [2.24, 2.45) is 11.3 Å². The van der Waals surface area contributed by atoms with Crippen LogP contribution in [0.5, 0.6) is 0 Å². The third kappa shape index (κ3) is 2.75. The van der Waals surface area contributed by atoms with Crippen LogP contribution >= 0.6 is 0 Å². The fourth-order valence-electron chi connectivity index (χ4n) is 2.59. The lowest BCUT2D eigenvalue weighted by molar-refractivity contribution is -0.151. The number of aliphatic carboxylic acids is 1. The molecule has 84 valence electrons. The van der Waals surface area contributed by atoms with Crippen molar-refractivity contribution >= 4 is 5.97 Å². The standard InChI is InChI=1S/C13H20O2/c1-3-5-11-6-9-13(8-4-2,10-7-11)12(14)15/h2,11H,3,5-10H2,1H3,(H,14,15). The molecule has 0 atom stereocenters. The summed E-state index contributed by atoms with van der Waals surface area (Å²) in [4.78, 5) is 11.2. The first kappa shape index (κ1) is 12.1. The van der Waals surface area contributed by atoms with E-state index in [1.807, 2.05) is 0 Å². The van der Waals surface area contributed by atoms with E-state index in [0.29, 0.717) is 6.42 Å². The largest absolute Gasteiger partial charge is 0.481 e. The van der Waals surface area contributed by atoms with Crippen molar-refractivity contribution in [1.82, 2.24) is 0 Å². The molecule has 0 aromatic carbocycles. The average Bonchev–Trinajstić information content (AvgIpc) is 2.21. The van der Waals surface area contributed by atoms with Gasteiger partial charge in [-0.05, 0) is 31.6 Å². The Morgan fingerprint density at radius 1 is 1.53 bits per heavy atom. The smallest absolute Gasteiger partial charge is 0.310 e. The van der Waals surface area contributed by atoms with Gasteiger partial charge >= 0.3 is 5.97 Å². The van der Waals surface area contributed by atoms with Gasteiger partial charge in [0, 0.05) is 6.42 Å². The molecule has 1 rings (SSSR count). The second-order valence-electron chi connectivity index (χ2n) is 4.70. The van der Waals surface area contributed by atoms with Crippen molar-refractivity contribution in [2.75, 3.05) is 0 Å². The molecule has 0 heterocycles. The predicted molar refractivity (Wildman–Crippen MR) is 60.4 cm³/mol. The molecular weight excluding hydrogens is 188 g/mol. The van der Waals surface area contributed by atoms with E-state index < -0.39 is 11.4 Å². The van der Waals surface area contributed by atoms with Gasteiger partial charge in [-0.2, -0.15) is 0 Å². The topological polar surface area (TPSA) is 37.3 Å². The van der Waals surface area contributed by atoms with E-state index in [2.05, 4.69) is 12.8 Å². The summed E-state index contributed by atoms with van der Waals surface area (Å²) in [5, 5.41) is 9.24. The summed E-state index contributed by atoms with van der Waals surface area (Å²) >= 11 is 0. The number of hydrogen-bond donors (Lipinski definition) is 1. The first-order valence-electron chi connectivity index (χ1n) is 5.81. The van der Waals surface area contributed by atoms with E-state index in [1.165, 1.54) is 12.8 Å². The van der Waals surface area contributed by atoms with Crippen LogP contribution in [0, 0.1) is 23.7 Å². The molecule has 1 N–H and O–H groups in total. The van der Waals surface area contributed by atoms with Crippen molar-refractivity contribution in [3.8, 4) is 12.3 Å². The third-order valence-corrected chi connectivity index (χ3v) is 3.65. The van der Waals surface area contributed by atoms with Gasteiger partial charge in [-0.25, -0.2) is 0 Å². The molecule has 0 amide bonds. The van der Waals surface area contributed by atoms with Crippen LogP contribution in [0.2, 0.25) is 0 Å². The van der Waals surface area contributed by atoms with E-state index >= 15 is 0 Å². The number of carbonyl (C=O) groups is 1. The fourth-order valence-corrected chi connectivity index (χ4v) is 2.59. The maximum absolute atomic E-state index is 11.2. The Bertz CT molecular complexity index is 254. The van der Waals surface area contributed by atoms with Gasteiger partial charge in [-0.1, -0.05) is 19.8 Å². The quantitative estimate of drug-likeness (QED) is 0.721. The summed E-state index contributed by atoms with van der Waals surface area (Å²) in [7, 11) is 0. The zero-order valence-corrected chi connectivity index (χ0v) is 9.46. The lowest BCUT2D eigenvalue weighted by Crippen LogP contribution is -2.35. The SMILES string of the molecule is C#CCC1(C(=O)O)CCC(CCC)CC1. The molecule has 2 heteroatoms. The Labute approximate surface area is 92.1 Å². The Kier molecular flexibility index (Phi) is 4.20. The van der Waals surface area contributed by atoms with Crippen LogP contribution in [-0.4, -0.2) is 11.1 Å². The Hall–Kier alpha value is -0.970. The summed E-state index contributed by atoms with van der Waals surface area (Å²) in [6, 6.07) is 0. The molecule has 1 aliphatic rings. The van der Waals surface area contributed by atoms with Gasteiger partial charge in [-0.3, -0.25) is 4.79 Å². The summed E-state index contributed by atoms with van der Waals surface area (Å²) < 4.78 is 0. The van der Waals surface area contributed by atoms with Crippen molar-refractivity contribution in [3.63, 3.8) is 0 Å². The number of terminal acetylenes is 1. The lowest BCUT2D eigenvalue weighted by Gasteiger charge is -2.35. The molecule has 0 aromatic rings. The highest BCUT2D eigenvalue weighted by Gasteiger charge is 2.40. The van der Waals surface area contributed by atoms with E-state index in [-0.39, 0.29) is 0 Å². The maximum atomic E-state index is 11.2. The van der Waals surface area contributed by atoms with Crippen LogP contribution in [0.1, 0.15) is 51.9 Å². The van der Waals surface area contributed by atoms with Gasteiger partial charge in [0.25, 0.3) is 0 Å². The van der Waals surface area contributed by atoms with Crippen LogP contribution in [0.3, 0.4) is 0 Å². The monoisotopic (exact) mass is 208 g/mol. The molecule has 0 unspecified atom stereocenters. The fraction of sp³-hybridized carbons (Fsp3) is 0.769. The number of hydrogen-bond acceptors (Lipinski definition) is 1. The number of carboxylic acid groups (broad SMARTS) is 1. The minimum Gasteiger partial charge on any atom is -0.481 e. The average molecular weight is 208 g/mol. The first-order chi connectivity index (χ1) is 7.14. The molecule has 0 aromatic heterocycles. The molecule has 0 spiro atoms. The molecule has 0 bridgehead atoms. The Balaban J connectivity index is 2.58. The van der Waals surface area contributed by atoms with E-state index in [1.54, 1.807) is 0 Å². The normalized spacial score (nSPS) is 30.8. The summed E-state index contributed by atoms with van der Waals surface area (Å²) in [6.45, 7) is 2.18.